The van der Waals surface area contributed by atoms with Crippen LogP contribution in [0.25, 0.3) is 0 Å². The first kappa shape index (κ1) is 16.0. The summed E-state index contributed by atoms with van der Waals surface area (Å²) in [7, 11) is 0. The Labute approximate surface area is 114 Å². The smallest absolute Gasteiger partial charge is 0.317 e. The summed E-state index contributed by atoms with van der Waals surface area (Å²) in [4.78, 5) is 24.1. The minimum Gasteiger partial charge on any atom is -0.480 e. The van der Waals surface area contributed by atoms with E-state index >= 15 is 0 Å². The van der Waals surface area contributed by atoms with Gasteiger partial charge in [-0.15, -0.1) is 0 Å². The maximum absolute atomic E-state index is 11.6. The van der Waals surface area contributed by atoms with Crippen LogP contribution in [0.1, 0.15) is 46.5 Å². The van der Waals surface area contributed by atoms with Crippen LogP contribution in [0.3, 0.4) is 0 Å². The molecule has 1 fully saturated rings. The molecule has 19 heavy (non-hydrogen) atoms. The van der Waals surface area contributed by atoms with Crippen LogP contribution in [0.15, 0.2) is 0 Å². The van der Waals surface area contributed by atoms with E-state index in [1.807, 2.05) is 25.7 Å². The molecule has 5 heteroatoms. The normalized spacial score (nSPS) is 18.3. The van der Waals surface area contributed by atoms with Crippen molar-refractivity contribution in [2.75, 3.05) is 19.6 Å². The number of likely N-dealkylation sites (tertiary alicyclic amines) is 1. The molecule has 0 spiro atoms. The molecule has 0 aromatic rings. The topological polar surface area (TPSA) is 66.8 Å². The Morgan fingerprint density at radius 2 is 1.84 bits per heavy atom. The van der Waals surface area contributed by atoms with Crippen molar-refractivity contribution in [2.24, 2.45) is 5.92 Å². The second-order valence-corrected chi connectivity index (χ2v) is 6.24. The molecule has 0 radical (unpaired) electrons. The number of hydrogen-bond acceptors (Lipinski definition) is 4. The van der Waals surface area contributed by atoms with Gasteiger partial charge in [-0.25, -0.2) is 0 Å². The van der Waals surface area contributed by atoms with Gasteiger partial charge in [0.2, 0.25) is 0 Å². The van der Waals surface area contributed by atoms with Gasteiger partial charge in [0.05, 0.1) is 6.54 Å². The number of carboxylic acid groups (broad SMARTS) is 1. The summed E-state index contributed by atoms with van der Waals surface area (Å²) < 4.78 is 5.28. The van der Waals surface area contributed by atoms with Crippen molar-refractivity contribution >= 4 is 11.9 Å². The molecule has 110 valence electrons. The summed E-state index contributed by atoms with van der Waals surface area (Å²) >= 11 is 0. The number of ether oxygens (including phenoxy) is 1. The van der Waals surface area contributed by atoms with Gasteiger partial charge < -0.3 is 9.84 Å². The molecule has 0 atom stereocenters. The fourth-order valence-corrected chi connectivity index (χ4v) is 2.34. The number of rotatable bonds is 5. The van der Waals surface area contributed by atoms with E-state index in [0.29, 0.717) is 12.3 Å². The van der Waals surface area contributed by atoms with Gasteiger partial charge in [0, 0.05) is 6.42 Å². The largest absolute Gasteiger partial charge is 0.480 e. The molecule has 0 saturated carbocycles. The minimum atomic E-state index is -0.771. The summed E-state index contributed by atoms with van der Waals surface area (Å²) in [6.07, 6.45) is 3.24. The maximum atomic E-state index is 11.6. The second kappa shape index (κ2) is 6.89. The molecule has 1 heterocycles. The van der Waals surface area contributed by atoms with E-state index in [-0.39, 0.29) is 12.5 Å². The lowest BCUT2D eigenvalue weighted by molar-refractivity contribution is -0.155. The van der Waals surface area contributed by atoms with Crippen LogP contribution in [0.2, 0.25) is 0 Å². The monoisotopic (exact) mass is 271 g/mol. The summed E-state index contributed by atoms with van der Waals surface area (Å²) in [6, 6.07) is 0. The van der Waals surface area contributed by atoms with Crippen molar-refractivity contribution in [1.82, 2.24) is 4.90 Å². The zero-order valence-electron chi connectivity index (χ0n) is 12.1. The fraction of sp³-hybridized carbons (Fsp3) is 0.857. The van der Waals surface area contributed by atoms with Gasteiger partial charge >= 0.3 is 11.9 Å². The molecule has 0 unspecified atom stereocenters. The predicted molar refractivity (Wildman–Crippen MR) is 71.9 cm³/mol. The van der Waals surface area contributed by atoms with Crippen molar-refractivity contribution in [2.45, 2.75) is 52.1 Å². The summed E-state index contributed by atoms with van der Waals surface area (Å²) in [5.74, 6) is -0.398. The molecule has 1 aliphatic heterocycles. The highest BCUT2D eigenvalue weighted by atomic mass is 16.6. The zero-order chi connectivity index (χ0) is 14.5. The summed E-state index contributed by atoms with van der Waals surface area (Å²) in [5, 5.41) is 8.71. The van der Waals surface area contributed by atoms with E-state index in [4.69, 9.17) is 9.84 Å². The van der Waals surface area contributed by atoms with Crippen molar-refractivity contribution < 1.29 is 19.4 Å². The molecule has 1 saturated heterocycles. The SMILES string of the molecule is CC(C)(C)OC(=O)CCC1CCN(CC(=O)O)CC1. The molecule has 1 aliphatic rings. The Kier molecular flexibility index (Phi) is 5.79. The van der Waals surface area contributed by atoms with Crippen molar-refractivity contribution in [3.63, 3.8) is 0 Å². The molecule has 5 nitrogen and oxygen atoms in total. The average molecular weight is 271 g/mol. The van der Waals surface area contributed by atoms with Crippen molar-refractivity contribution in [3.05, 3.63) is 0 Å². The first-order chi connectivity index (χ1) is 8.76. The van der Waals surface area contributed by atoms with Crippen molar-refractivity contribution in [3.8, 4) is 0 Å². The van der Waals surface area contributed by atoms with Gasteiger partial charge in [-0.3, -0.25) is 14.5 Å². The number of aliphatic carboxylic acids is 1. The van der Waals surface area contributed by atoms with Gasteiger partial charge in [-0.2, -0.15) is 0 Å². The standard InChI is InChI=1S/C14H25NO4/c1-14(2,3)19-13(18)5-4-11-6-8-15(9-7-11)10-12(16)17/h11H,4-10H2,1-3H3,(H,16,17). The number of carbonyl (C=O) groups is 2. The first-order valence-electron chi connectivity index (χ1n) is 6.92. The van der Waals surface area contributed by atoms with E-state index in [2.05, 4.69) is 0 Å². The third-order valence-corrected chi connectivity index (χ3v) is 3.24. The fourth-order valence-electron chi connectivity index (χ4n) is 2.34. The zero-order valence-corrected chi connectivity index (χ0v) is 12.1. The Bertz CT molecular complexity index is 314. The molecule has 0 amide bonds. The molecule has 0 bridgehead atoms. The van der Waals surface area contributed by atoms with Crippen LogP contribution >= 0.6 is 0 Å². The van der Waals surface area contributed by atoms with Crippen LogP contribution in [-0.4, -0.2) is 47.2 Å². The lowest BCUT2D eigenvalue weighted by atomic mass is 9.92. The van der Waals surface area contributed by atoms with Gasteiger partial charge in [-0.1, -0.05) is 0 Å². The van der Waals surface area contributed by atoms with Crippen LogP contribution in [0, 0.1) is 5.92 Å². The van der Waals surface area contributed by atoms with E-state index in [1.165, 1.54) is 0 Å². The Morgan fingerprint density at radius 3 is 2.32 bits per heavy atom. The maximum Gasteiger partial charge on any atom is 0.317 e. The average Bonchev–Trinajstić information content (AvgIpc) is 2.25. The lowest BCUT2D eigenvalue weighted by Gasteiger charge is -2.30. The molecule has 1 N–H and O–H groups in total. The second-order valence-electron chi connectivity index (χ2n) is 6.24. The van der Waals surface area contributed by atoms with E-state index in [0.717, 1.165) is 32.4 Å². The molecular formula is C14H25NO4. The van der Waals surface area contributed by atoms with Crippen LogP contribution in [0.5, 0.6) is 0 Å². The summed E-state index contributed by atoms with van der Waals surface area (Å²) in [6.45, 7) is 7.36. The van der Waals surface area contributed by atoms with Gasteiger partial charge in [0.1, 0.15) is 5.60 Å². The third kappa shape index (κ3) is 7.15. The number of piperidine rings is 1. The van der Waals surface area contributed by atoms with E-state index in [9.17, 15) is 9.59 Å². The molecule has 0 aromatic carbocycles. The minimum absolute atomic E-state index is 0.124. The van der Waals surface area contributed by atoms with Crippen LogP contribution in [0.4, 0.5) is 0 Å². The number of esters is 1. The van der Waals surface area contributed by atoms with Gasteiger partial charge in [-0.05, 0) is 59.0 Å². The first-order valence-corrected chi connectivity index (χ1v) is 6.92. The highest BCUT2D eigenvalue weighted by Gasteiger charge is 2.22. The number of hydrogen-bond donors (Lipinski definition) is 1. The van der Waals surface area contributed by atoms with E-state index < -0.39 is 11.6 Å². The van der Waals surface area contributed by atoms with Gasteiger partial charge in [0.15, 0.2) is 0 Å². The number of nitrogens with zero attached hydrogens (tertiary/aromatic N) is 1. The van der Waals surface area contributed by atoms with Gasteiger partial charge in [0.25, 0.3) is 0 Å². The third-order valence-electron chi connectivity index (χ3n) is 3.24. The summed E-state index contributed by atoms with van der Waals surface area (Å²) in [5.41, 5.74) is -0.415. The number of carboxylic acids is 1. The highest BCUT2D eigenvalue weighted by molar-refractivity contribution is 5.70. The Balaban J connectivity index is 2.19. The highest BCUT2D eigenvalue weighted by Crippen LogP contribution is 2.22. The molecule has 1 rings (SSSR count). The van der Waals surface area contributed by atoms with Crippen molar-refractivity contribution in [1.29, 1.82) is 0 Å². The molecular weight excluding hydrogens is 246 g/mol. The van der Waals surface area contributed by atoms with Crippen LogP contribution in [-0.2, 0) is 14.3 Å². The predicted octanol–water partition coefficient (Wildman–Crippen LogP) is 1.90. The quantitative estimate of drug-likeness (QED) is 0.774. The molecule has 0 aromatic heterocycles. The number of carbonyl (C=O) groups excluding carboxylic acids is 1. The lowest BCUT2D eigenvalue weighted by Crippen LogP contribution is -2.37. The molecule has 0 aliphatic carbocycles. The van der Waals surface area contributed by atoms with E-state index in [1.54, 1.807) is 0 Å². The Hall–Kier alpha value is -1.10. The Morgan fingerprint density at radius 1 is 1.26 bits per heavy atom. The van der Waals surface area contributed by atoms with Crippen LogP contribution < -0.4 is 0 Å².